The first-order valence-corrected chi connectivity index (χ1v) is 8.59. The lowest BCUT2D eigenvalue weighted by atomic mass is 10.2. The number of aromatic nitrogens is 2. The summed E-state index contributed by atoms with van der Waals surface area (Å²) < 4.78 is 19.0. The number of nitrogens with zero attached hydrogens (tertiary/aromatic N) is 2. The van der Waals surface area contributed by atoms with E-state index in [4.69, 9.17) is 4.42 Å². The fourth-order valence-electron chi connectivity index (χ4n) is 1.79. The van der Waals surface area contributed by atoms with Crippen molar-refractivity contribution < 1.29 is 13.6 Å². The van der Waals surface area contributed by atoms with Gasteiger partial charge < -0.3 is 9.73 Å². The van der Waals surface area contributed by atoms with Crippen molar-refractivity contribution in [2.75, 3.05) is 5.75 Å². The maximum absolute atomic E-state index is 13.6. The standard InChI is InChI=1S/C15H12FN3O2S2/c16-12-6-2-1-5-11(12)14-18-19-15(21-14)23-9-13(20)17-8-10-4-3-7-22-10/h1-7H,8-9H2,(H,17,20). The summed E-state index contributed by atoms with van der Waals surface area (Å²) in [6.45, 7) is 0.501. The van der Waals surface area contributed by atoms with Gasteiger partial charge in [-0.15, -0.1) is 21.5 Å². The number of nitrogens with one attached hydrogen (secondary N) is 1. The Morgan fingerprint density at radius 1 is 1.26 bits per heavy atom. The van der Waals surface area contributed by atoms with Crippen LogP contribution in [-0.4, -0.2) is 21.9 Å². The fourth-order valence-corrected chi connectivity index (χ4v) is 3.03. The van der Waals surface area contributed by atoms with E-state index in [-0.39, 0.29) is 28.3 Å². The second kappa shape index (κ2) is 7.38. The Kier molecular flexibility index (Phi) is 5.04. The molecule has 0 aliphatic carbocycles. The van der Waals surface area contributed by atoms with E-state index in [9.17, 15) is 9.18 Å². The zero-order valence-electron chi connectivity index (χ0n) is 11.9. The van der Waals surface area contributed by atoms with Crippen LogP contribution in [0.4, 0.5) is 4.39 Å². The second-order valence-corrected chi connectivity index (χ2v) is 6.46. The van der Waals surface area contributed by atoms with Gasteiger partial charge >= 0.3 is 0 Å². The van der Waals surface area contributed by atoms with Crippen LogP contribution in [0, 0.1) is 5.82 Å². The van der Waals surface area contributed by atoms with Crippen LogP contribution < -0.4 is 5.32 Å². The SMILES string of the molecule is O=C(CSc1nnc(-c2ccccc2F)o1)NCc1cccs1. The Morgan fingerprint density at radius 2 is 2.13 bits per heavy atom. The Morgan fingerprint density at radius 3 is 2.91 bits per heavy atom. The Labute approximate surface area is 139 Å². The molecule has 0 aliphatic heterocycles. The normalized spacial score (nSPS) is 10.7. The largest absolute Gasteiger partial charge is 0.411 e. The van der Waals surface area contributed by atoms with Gasteiger partial charge in [0.1, 0.15) is 5.82 Å². The number of benzene rings is 1. The van der Waals surface area contributed by atoms with Gasteiger partial charge in [0, 0.05) is 4.88 Å². The van der Waals surface area contributed by atoms with Gasteiger partial charge in [-0.3, -0.25) is 4.79 Å². The number of amides is 1. The molecule has 1 N–H and O–H groups in total. The van der Waals surface area contributed by atoms with Crippen LogP contribution in [0.1, 0.15) is 4.88 Å². The fraction of sp³-hybridized carbons (Fsp3) is 0.133. The van der Waals surface area contributed by atoms with Crippen LogP contribution in [-0.2, 0) is 11.3 Å². The molecule has 23 heavy (non-hydrogen) atoms. The highest BCUT2D eigenvalue weighted by Crippen LogP contribution is 2.24. The molecule has 0 bridgehead atoms. The first-order valence-electron chi connectivity index (χ1n) is 6.72. The maximum atomic E-state index is 13.6. The number of carbonyl (C=O) groups excluding carboxylic acids is 1. The molecule has 2 aromatic heterocycles. The lowest BCUT2D eigenvalue weighted by Crippen LogP contribution is -2.24. The van der Waals surface area contributed by atoms with Gasteiger partial charge in [-0.1, -0.05) is 30.0 Å². The summed E-state index contributed by atoms with van der Waals surface area (Å²) in [4.78, 5) is 12.9. The van der Waals surface area contributed by atoms with Crippen molar-refractivity contribution in [3.8, 4) is 11.5 Å². The summed E-state index contributed by atoms with van der Waals surface area (Å²) >= 11 is 2.70. The predicted molar refractivity (Wildman–Crippen MR) is 86.6 cm³/mol. The molecule has 0 saturated carbocycles. The zero-order chi connectivity index (χ0) is 16.1. The van der Waals surface area contributed by atoms with Gasteiger partial charge in [-0.25, -0.2) is 4.39 Å². The van der Waals surface area contributed by atoms with Crippen molar-refractivity contribution in [3.63, 3.8) is 0 Å². The third kappa shape index (κ3) is 4.17. The van der Waals surface area contributed by atoms with Crippen LogP contribution in [0.3, 0.4) is 0 Å². The van der Waals surface area contributed by atoms with E-state index in [0.717, 1.165) is 16.6 Å². The molecule has 118 valence electrons. The van der Waals surface area contributed by atoms with Crippen molar-refractivity contribution >= 4 is 29.0 Å². The molecule has 8 heteroatoms. The summed E-state index contributed by atoms with van der Waals surface area (Å²) in [6.07, 6.45) is 0. The van der Waals surface area contributed by atoms with Crippen molar-refractivity contribution in [2.45, 2.75) is 11.8 Å². The lowest BCUT2D eigenvalue weighted by Gasteiger charge is -2.01. The third-order valence-electron chi connectivity index (χ3n) is 2.88. The molecular weight excluding hydrogens is 337 g/mol. The number of thioether (sulfide) groups is 1. The smallest absolute Gasteiger partial charge is 0.277 e. The molecule has 2 heterocycles. The number of hydrogen-bond donors (Lipinski definition) is 1. The van der Waals surface area contributed by atoms with Crippen molar-refractivity contribution in [1.82, 2.24) is 15.5 Å². The number of hydrogen-bond acceptors (Lipinski definition) is 6. The molecular formula is C15H12FN3O2S2. The number of halogens is 1. The minimum absolute atomic E-state index is 0.101. The topological polar surface area (TPSA) is 68.0 Å². The van der Waals surface area contributed by atoms with Gasteiger partial charge in [-0.05, 0) is 23.6 Å². The first-order chi connectivity index (χ1) is 11.2. The molecule has 5 nitrogen and oxygen atoms in total. The minimum Gasteiger partial charge on any atom is -0.411 e. The van der Waals surface area contributed by atoms with Crippen LogP contribution in [0.25, 0.3) is 11.5 Å². The van der Waals surface area contributed by atoms with E-state index in [1.54, 1.807) is 29.5 Å². The molecule has 0 radical (unpaired) electrons. The molecule has 3 rings (SSSR count). The number of rotatable bonds is 6. The number of thiophene rings is 1. The summed E-state index contributed by atoms with van der Waals surface area (Å²) in [5.41, 5.74) is 0.244. The first kappa shape index (κ1) is 15.7. The maximum Gasteiger partial charge on any atom is 0.277 e. The van der Waals surface area contributed by atoms with E-state index in [0.29, 0.717) is 6.54 Å². The van der Waals surface area contributed by atoms with Gasteiger partial charge in [-0.2, -0.15) is 0 Å². The van der Waals surface area contributed by atoms with Gasteiger partial charge in [0.05, 0.1) is 17.9 Å². The quantitative estimate of drug-likeness (QED) is 0.691. The van der Waals surface area contributed by atoms with E-state index in [1.165, 1.54) is 6.07 Å². The third-order valence-corrected chi connectivity index (χ3v) is 4.57. The Balaban J connectivity index is 1.53. The Bertz CT molecular complexity index is 790. The van der Waals surface area contributed by atoms with Gasteiger partial charge in [0.25, 0.3) is 11.1 Å². The molecule has 0 unspecified atom stereocenters. The van der Waals surface area contributed by atoms with E-state index in [1.807, 2.05) is 17.5 Å². The van der Waals surface area contributed by atoms with Gasteiger partial charge in [0.2, 0.25) is 5.91 Å². The Hall–Kier alpha value is -2.19. The van der Waals surface area contributed by atoms with E-state index >= 15 is 0 Å². The molecule has 0 fully saturated rings. The molecule has 3 aromatic rings. The van der Waals surface area contributed by atoms with Crippen molar-refractivity contribution in [1.29, 1.82) is 0 Å². The molecule has 0 spiro atoms. The minimum atomic E-state index is -0.429. The molecule has 1 aromatic carbocycles. The van der Waals surface area contributed by atoms with E-state index < -0.39 is 5.82 Å². The highest BCUT2D eigenvalue weighted by Gasteiger charge is 2.13. The average Bonchev–Trinajstić information content (AvgIpc) is 3.23. The van der Waals surface area contributed by atoms with Crippen LogP contribution in [0.15, 0.2) is 51.4 Å². The predicted octanol–water partition coefficient (Wildman–Crippen LogP) is 3.35. The van der Waals surface area contributed by atoms with Crippen molar-refractivity contribution in [2.24, 2.45) is 0 Å². The second-order valence-electron chi connectivity index (χ2n) is 4.50. The van der Waals surface area contributed by atoms with Crippen molar-refractivity contribution in [3.05, 3.63) is 52.5 Å². The van der Waals surface area contributed by atoms with Crippen LogP contribution in [0.2, 0.25) is 0 Å². The summed E-state index contributed by atoms with van der Waals surface area (Å²) in [5, 5.41) is 12.6. The van der Waals surface area contributed by atoms with Crippen LogP contribution in [0.5, 0.6) is 0 Å². The lowest BCUT2D eigenvalue weighted by molar-refractivity contribution is -0.118. The summed E-state index contributed by atoms with van der Waals surface area (Å²) in [7, 11) is 0. The summed E-state index contributed by atoms with van der Waals surface area (Å²) in [5.74, 6) is -0.301. The van der Waals surface area contributed by atoms with Gasteiger partial charge in [0.15, 0.2) is 0 Å². The molecule has 0 saturated heterocycles. The highest BCUT2D eigenvalue weighted by atomic mass is 32.2. The van der Waals surface area contributed by atoms with Crippen LogP contribution >= 0.6 is 23.1 Å². The molecule has 1 amide bonds. The summed E-state index contributed by atoms with van der Waals surface area (Å²) in [6, 6.07) is 10.0. The zero-order valence-corrected chi connectivity index (χ0v) is 13.5. The number of carbonyl (C=O) groups is 1. The average molecular weight is 349 g/mol. The molecule has 0 atom stereocenters. The molecule has 0 aliphatic rings. The van der Waals surface area contributed by atoms with E-state index in [2.05, 4.69) is 15.5 Å². The highest BCUT2D eigenvalue weighted by molar-refractivity contribution is 7.99. The monoisotopic (exact) mass is 349 g/mol.